The van der Waals surface area contributed by atoms with Gasteiger partial charge in [0.05, 0.1) is 5.60 Å². The number of nitrogens with one attached hydrogen (secondary N) is 1. The van der Waals surface area contributed by atoms with Crippen LogP contribution in [-0.4, -0.2) is 25.3 Å². The van der Waals surface area contributed by atoms with Gasteiger partial charge in [0.2, 0.25) is 0 Å². The topological polar surface area (TPSA) is 21.3 Å². The lowest BCUT2D eigenvalue weighted by molar-refractivity contribution is -0.0353. The fourth-order valence-electron chi connectivity index (χ4n) is 3.28. The van der Waals surface area contributed by atoms with Gasteiger partial charge < -0.3 is 10.1 Å². The maximum absolute atomic E-state index is 14.0. The highest BCUT2D eigenvalue weighted by molar-refractivity contribution is 6.30. The summed E-state index contributed by atoms with van der Waals surface area (Å²) >= 11 is 5.99. The molecule has 0 amide bonds. The number of rotatable bonds is 6. The van der Waals surface area contributed by atoms with Crippen molar-refractivity contribution in [3.63, 3.8) is 0 Å². The van der Waals surface area contributed by atoms with E-state index in [0.717, 1.165) is 19.4 Å². The largest absolute Gasteiger partial charge is 0.377 e. The zero-order valence-corrected chi connectivity index (χ0v) is 13.0. The smallest absolute Gasteiger partial charge is 0.126 e. The van der Waals surface area contributed by atoms with E-state index in [1.807, 2.05) is 0 Å². The normalized spacial score (nSPS) is 19.2. The van der Waals surface area contributed by atoms with E-state index in [9.17, 15) is 4.39 Å². The van der Waals surface area contributed by atoms with Gasteiger partial charge in [0.25, 0.3) is 0 Å². The molecule has 1 aromatic carbocycles. The molecule has 1 atom stereocenters. The van der Waals surface area contributed by atoms with Gasteiger partial charge in [0.1, 0.15) is 5.82 Å². The second-order valence-electron chi connectivity index (χ2n) is 5.53. The fourth-order valence-corrected chi connectivity index (χ4v) is 3.47. The van der Waals surface area contributed by atoms with E-state index in [1.54, 1.807) is 19.2 Å². The van der Waals surface area contributed by atoms with Gasteiger partial charge in [-0.1, -0.05) is 31.4 Å². The van der Waals surface area contributed by atoms with Gasteiger partial charge in [-0.3, -0.25) is 0 Å². The van der Waals surface area contributed by atoms with E-state index < -0.39 is 0 Å². The number of halogens is 2. The van der Waals surface area contributed by atoms with Crippen LogP contribution in [0.15, 0.2) is 18.2 Å². The summed E-state index contributed by atoms with van der Waals surface area (Å²) in [6.07, 6.45) is 5.02. The minimum Gasteiger partial charge on any atom is -0.377 e. The Morgan fingerprint density at radius 1 is 1.40 bits per heavy atom. The molecule has 2 nitrogen and oxygen atoms in total. The van der Waals surface area contributed by atoms with Gasteiger partial charge in [0, 0.05) is 18.2 Å². The van der Waals surface area contributed by atoms with Crippen molar-refractivity contribution < 1.29 is 9.13 Å². The van der Waals surface area contributed by atoms with Crippen LogP contribution in [0.3, 0.4) is 0 Å². The molecule has 2 rings (SSSR count). The zero-order valence-electron chi connectivity index (χ0n) is 12.2. The van der Waals surface area contributed by atoms with Gasteiger partial charge >= 0.3 is 0 Å². The molecule has 0 heterocycles. The van der Waals surface area contributed by atoms with E-state index in [2.05, 4.69) is 12.2 Å². The average Bonchev–Trinajstić information content (AvgIpc) is 2.92. The SMILES string of the molecule is CCNC(Cc1cc(Cl)ccc1F)C1(OC)CCCC1. The van der Waals surface area contributed by atoms with Gasteiger partial charge in [0.15, 0.2) is 0 Å². The van der Waals surface area contributed by atoms with Crippen molar-refractivity contribution in [2.24, 2.45) is 0 Å². The fraction of sp³-hybridized carbons (Fsp3) is 0.625. The first kappa shape index (κ1) is 15.7. The molecule has 1 aliphatic carbocycles. The molecule has 1 saturated carbocycles. The Bertz CT molecular complexity index is 446. The summed E-state index contributed by atoms with van der Waals surface area (Å²) in [6, 6.07) is 4.87. The number of hydrogen-bond acceptors (Lipinski definition) is 2. The van der Waals surface area contributed by atoms with Gasteiger partial charge in [-0.2, -0.15) is 0 Å². The molecule has 1 fully saturated rings. The van der Waals surface area contributed by atoms with Crippen molar-refractivity contribution in [1.82, 2.24) is 5.32 Å². The molecule has 1 aromatic rings. The molecule has 112 valence electrons. The summed E-state index contributed by atoms with van der Waals surface area (Å²) in [5, 5.41) is 4.05. The van der Waals surface area contributed by atoms with E-state index in [-0.39, 0.29) is 17.5 Å². The van der Waals surface area contributed by atoms with Crippen LogP contribution in [0.5, 0.6) is 0 Å². The van der Waals surface area contributed by atoms with Crippen LogP contribution in [0, 0.1) is 5.82 Å². The van der Waals surface area contributed by atoms with Gasteiger partial charge in [-0.25, -0.2) is 4.39 Å². The Labute approximate surface area is 125 Å². The maximum atomic E-state index is 14.0. The highest BCUT2D eigenvalue weighted by atomic mass is 35.5. The van der Waals surface area contributed by atoms with Crippen LogP contribution in [0.1, 0.15) is 38.2 Å². The average molecular weight is 300 g/mol. The number of hydrogen-bond donors (Lipinski definition) is 1. The monoisotopic (exact) mass is 299 g/mol. The van der Waals surface area contributed by atoms with E-state index >= 15 is 0 Å². The molecule has 1 N–H and O–H groups in total. The van der Waals surface area contributed by atoms with E-state index in [4.69, 9.17) is 16.3 Å². The standard InChI is InChI=1S/C16H23ClFNO/c1-3-19-15(16(20-2)8-4-5-9-16)11-12-10-13(17)6-7-14(12)18/h6-7,10,15,19H,3-5,8-9,11H2,1-2H3. The van der Waals surface area contributed by atoms with Crippen LogP contribution in [0.25, 0.3) is 0 Å². The molecule has 4 heteroatoms. The highest BCUT2D eigenvalue weighted by Gasteiger charge is 2.41. The summed E-state index contributed by atoms with van der Waals surface area (Å²) in [5.41, 5.74) is 0.483. The minimum absolute atomic E-state index is 0.118. The first-order chi connectivity index (χ1) is 9.61. The Kier molecular flexibility index (Phi) is 5.42. The molecule has 0 aliphatic heterocycles. The number of benzene rings is 1. The van der Waals surface area contributed by atoms with Gasteiger partial charge in [-0.15, -0.1) is 0 Å². The molecule has 0 bridgehead atoms. The molecule has 0 saturated heterocycles. The van der Waals surface area contributed by atoms with Crippen LogP contribution in [0.2, 0.25) is 5.02 Å². The zero-order chi connectivity index (χ0) is 14.6. The molecule has 1 unspecified atom stereocenters. The third kappa shape index (κ3) is 3.33. The predicted molar refractivity (Wildman–Crippen MR) is 80.8 cm³/mol. The number of ether oxygens (including phenoxy) is 1. The third-order valence-corrected chi connectivity index (χ3v) is 4.61. The summed E-state index contributed by atoms with van der Waals surface area (Å²) in [7, 11) is 1.77. The molecular weight excluding hydrogens is 277 g/mol. The molecular formula is C16H23ClFNO. The predicted octanol–water partition coefficient (Wildman–Crippen LogP) is 3.96. The molecule has 20 heavy (non-hydrogen) atoms. The quantitative estimate of drug-likeness (QED) is 0.858. The lowest BCUT2D eigenvalue weighted by Crippen LogP contribution is -2.51. The summed E-state index contributed by atoms with van der Waals surface area (Å²) < 4.78 is 19.8. The second-order valence-corrected chi connectivity index (χ2v) is 5.96. The molecule has 1 aliphatic rings. The van der Waals surface area contributed by atoms with Gasteiger partial charge in [-0.05, 0) is 49.6 Å². The van der Waals surface area contributed by atoms with Crippen LogP contribution in [-0.2, 0) is 11.2 Å². The van der Waals surface area contributed by atoms with Crippen LogP contribution >= 0.6 is 11.6 Å². The second kappa shape index (κ2) is 6.88. The van der Waals surface area contributed by atoms with Crippen molar-refractivity contribution in [1.29, 1.82) is 0 Å². The van der Waals surface area contributed by atoms with Crippen molar-refractivity contribution in [3.8, 4) is 0 Å². The Hall–Kier alpha value is -0.640. The van der Waals surface area contributed by atoms with Crippen molar-refractivity contribution in [2.45, 2.75) is 50.7 Å². The first-order valence-electron chi connectivity index (χ1n) is 7.34. The number of likely N-dealkylation sites (N-methyl/N-ethyl adjacent to an activating group) is 1. The van der Waals surface area contributed by atoms with Crippen LogP contribution < -0.4 is 5.32 Å². The molecule has 0 aromatic heterocycles. The lowest BCUT2D eigenvalue weighted by atomic mass is 9.87. The molecule has 0 spiro atoms. The van der Waals surface area contributed by atoms with Crippen LogP contribution in [0.4, 0.5) is 4.39 Å². The third-order valence-electron chi connectivity index (χ3n) is 4.37. The molecule has 0 radical (unpaired) electrons. The number of methoxy groups -OCH3 is 1. The van der Waals surface area contributed by atoms with Crippen molar-refractivity contribution in [3.05, 3.63) is 34.6 Å². The van der Waals surface area contributed by atoms with Crippen molar-refractivity contribution >= 4 is 11.6 Å². The Morgan fingerprint density at radius 3 is 2.70 bits per heavy atom. The van der Waals surface area contributed by atoms with Crippen molar-refractivity contribution in [2.75, 3.05) is 13.7 Å². The van der Waals surface area contributed by atoms with E-state index in [0.29, 0.717) is 17.0 Å². The first-order valence-corrected chi connectivity index (χ1v) is 7.71. The summed E-state index contributed by atoms with van der Waals surface area (Å²) in [5.74, 6) is -0.193. The minimum atomic E-state index is -0.193. The maximum Gasteiger partial charge on any atom is 0.126 e. The lowest BCUT2D eigenvalue weighted by Gasteiger charge is -2.37. The van der Waals surface area contributed by atoms with E-state index in [1.165, 1.54) is 18.9 Å². The Balaban J connectivity index is 2.22. The Morgan fingerprint density at radius 2 is 2.10 bits per heavy atom. The highest BCUT2D eigenvalue weighted by Crippen LogP contribution is 2.37. The summed E-state index contributed by atoms with van der Waals surface area (Å²) in [4.78, 5) is 0. The summed E-state index contributed by atoms with van der Waals surface area (Å²) in [6.45, 7) is 2.91.